The molecule has 3 aromatic rings. The maximum absolute atomic E-state index is 13.2. The van der Waals surface area contributed by atoms with Crippen molar-refractivity contribution in [2.24, 2.45) is 0 Å². The highest BCUT2D eigenvalue weighted by atomic mass is 32.2. The fourth-order valence-corrected chi connectivity index (χ4v) is 4.53. The first-order valence-electron chi connectivity index (χ1n) is 9.82. The molecule has 0 aromatic carbocycles. The minimum Gasteiger partial charge on any atom is -0.475 e. The van der Waals surface area contributed by atoms with E-state index in [0.717, 1.165) is 5.56 Å². The topological polar surface area (TPSA) is 154 Å². The van der Waals surface area contributed by atoms with E-state index in [0.29, 0.717) is 17.3 Å². The van der Waals surface area contributed by atoms with Crippen molar-refractivity contribution < 1.29 is 23.0 Å². The van der Waals surface area contributed by atoms with Crippen LogP contribution in [0.1, 0.15) is 30.5 Å². The molecule has 170 valence electrons. The molecule has 0 bridgehead atoms. The molecule has 0 radical (unpaired) electrons. The zero-order valence-electron chi connectivity index (χ0n) is 17.7. The van der Waals surface area contributed by atoms with E-state index >= 15 is 0 Å². The molecule has 4 heterocycles. The Labute approximate surface area is 184 Å². The maximum atomic E-state index is 13.2. The van der Waals surface area contributed by atoms with E-state index in [4.69, 9.17) is 9.47 Å². The molecule has 0 saturated heterocycles. The SMILES string of the molecule is CO[C@H](c1ncc(C)cn1)[C@H](C)S(=O)(=O)Nc1nnc2n1[C@H](CO)COc1ncccc1-2. The van der Waals surface area contributed by atoms with Gasteiger partial charge in [0, 0.05) is 25.7 Å². The summed E-state index contributed by atoms with van der Waals surface area (Å²) in [6, 6.07) is 2.82. The number of sulfonamides is 1. The molecule has 13 heteroatoms. The van der Waals surface area contributed by atoms with Crippen molar-refractivity contribution in [3.05, 3.63) is 42.1 Å². The van der Waals surface area contributed by atoms with Gasteiger partial charge in [-0.1, -0.05) is 0 Å². The lowest BCUT2D eigenvalue weighted by atomic mass is 10.2. The molecule has 3 atom stereocenters. The minimum atomic E-state index is -4.02. The summed E-state index contributed by atoms with van der Waals surface area (Å²) in [5.41, 5.74) is 1.38. The Morgan fingerprint density at radius 3 is 2.75 bits per heavy atom. The summed E-state index contributed by atoms with van der Waals surface area (Å²) in [7, 11) is -2.63. The number of methoxy groups -OCH3 is 1. The van der Waals surface area contributed by atoms with E-state index < -0.39 is 27.4 Å². The van der Waals surface area contributed by atoms with Crippen LogP contribution in [0, 0.1) is 6.92 Å². The summed E-state index contributed by atoms with van der Waals surface area (Å²) in [5, 5.41) is 17.0. The number of ether oxygens (including phenoxy) is 2. The number of aliphatic hydroxyl groups is 1. The van der Waals surface area contributed by atoms with Crippen molar-refractivity contribution in [2.75, 3.05) is 25.0 Å². The quantitative estimate of drug-likeness (QED) is 0.518. The van der Waals surface area contributed by atoms with Crippen LogP contribution in [-0.2, 0) is 14.8 Å². The molecule has 0 fully saturated rings. The van der Waals surface area contributed by atoms with Crippen LogP contribution in [0.25, 0.3) is 11.4 Å². The van der Waals surface area contributed by atoms with E-state index in [2.05, 4.69) is 29.9 Å². The van der Waals surface area contributed by atoms with Crippen LogP contribution in [0.2, 0.25) is 0 Å². The Balaban J connectivity index is 1.68. The Hall–Kier alpha value is -3.16. The Morgan fingerprint density at radius 2 is 2.06 bits per heavy atom. The highest BCUT2D eigenvalue weighted by Crippen LogP contribution is 2.35. The number of aromatic nitrogens is 6. The number of anilines is 1. The summed E-state index contributed by atoms with van der Waals surface area (Å²) in [5.74, 6) is 0.861. The van der Waals surface area contributed by atoms with Crippen molar-refractivity contribution in [2.45, 2.75) is 31.2 Å². The summed E-state index contributed by atoms with van der Waals surface area (Å²) >= 11 is 0. The van der Waals surface area contributed by atoms with Crippen LogP contribution in [0.15, 0.2) is 30.7 Å². The highest BCUT2D eigenvalue weighted by Gasteiger charge is 2.35. The van der Waals surface area contributed by atoms with Gasteiger partial charge in [0.05, 0.1) is 18.2 Å². The normalized spacial score (nSPS) is 17.4. The fraction of sp³-hybridized carbons (Fsp3) is 0.421. The first-order chi connectivity index (χ1) is 15.4. The Morgan fingerprint density at radius 1 is 1.31 bits per heavy atom. The van der Waals surface area contributed by atoms with Crippen molar-refractivity contribution in [3.63, 3.8) is 0 Å². The second kappa shape index (κ2) is 8.76. The zero-order valence-corrected chi connectivity index (χ0v) is 18.5. The molecule has 12 nitrogen and oxygen atoms in total. The number of nitrogens with one attached hydrogen (secondary N) is 1. The zero-order chi connectivity index (χ0) is 22.9. The minimum absolute atomic E-state index is 0.0501. The molecule has 32 heavy (non-hydrogen) atoms. The maximum Gasteiger partial charge on any atom is 0.240 e. The third kappa shape index (κ3) is 4.01. The standard InChI is InChI=1S/C19H23N7O5S/c1-11-7-21-16(22-8-11)15(30-3)12(2)32(28,29)25-19-24-23-17-14-5-4-6-20-18(14)31-10-13(9-27)26(17)19/h4-8,12-13,15,27H,9-10H2,1-3H3,(H,24,25)/t12-,13+,15-/m0/s1. The summed E-state index contributed by atoms with van der Waals surface area (Å²) in [6.45, 7) is 3.07. The largest absolute Gasteiger partial charge is 0.475 e. The van der Waals surface area contributed by atoms with Crippen LogP contribution >= 0.6 is 0 Å². The first-order valence-corrected chi connectivity index (χ1v) is 11.4. The predicted octanol–water partition coefficient (Wildman–Crippen LogP) is 0.882. The Kier molecular flexibility index (Phi) is 6.04. The van der Waals surface area contributed by atoms with Crippen molar-refractivity contribution in [3.8, 4) is 17.3 Å². The molecular formula is C19H23N7O5S. The van der Waals surface area contributed by atoms with Gasteiger partial charge in [-0.2, -0.15) is 0 Å². The monoisotopic (exact) mass is 461 g/mol. The summed E-state index contributed by atoms with van der Waals surface area (Å²) in [4.78, 5) is 12.6. The van der Waals surface area contributed by atoms with Crippen LogP contribution in [0.5, 0.6) is 5.88 Å². The van der Waals surface area contributed by atoms with Crippen molar-refractivity contribution >= 4 is 16.0 Å². The van der Waals surface area contributed by atoms with Crippen LogP contribution in [0.4, 0.5) is 5.95 Å². The van der Waals surface area contributed by atoms with Gasteiger partial charge in [0.1, 0.15) is 18.0 Å². The molecule has 1 aliphatic rings. The van der Waals surface area contributed by atoms with Gasteiger partial charge in [0.25, 0.3) is 0 Å². The molecule has 3 aromatic heterocycles. The number of rotatable bonds is 7. The molecule has 0 unspecified atom stereocenters. The lowest BCUT2D eigenvalue weighted by Gasteiger charge is -2.23. The molecule has 4 rings (SSSR count). The van der Waals surface area contributed by atoms with Crippen LogP contribution < -0.4 is 9.46 Å². The number of fused-ring (bicyclic) bond motifs is 3. The molecule has 0 saturated carbocycles. The van der Waals surface area contributed by atoms with Crippen molar-refractivity contribution in [1.82, 2.24) is 29.7 Å². The van der Waals surface area contributed by atoms with E-state index in [1.807, 2.05) is 6.92 Å². The second-order valence-corrected chi connectivity index (χ2v) is 9.39. The van der Waals surface area contributed by atoms with Gasteiger partial charge < -0.3 is 14.6 Å². The number of pyridine rings is 1. The van der Waals surface area contributed by atoms with E-state index in [1.54, 1.807) is 30.7 Å². The number of hydrogen-bond acceptors (Lipinski definition) is 10. The molecule has 1 aliphatic heterocycles. The van der Waals surface area contributed by atoms with Crippen LogP contribution in [-0.4, -0.2) is 68.8 Å². The lowest BCUT2D eigenvalue weighted by molar-refractivity contribution is 0.0949. The van der Waals surface area contributed by atoms with Crippen LogP contribution in [0.3, 0.4) is 0 Å². The lowest BCUT2D eigenvalue weighted by Crippen LogP contribution is -2.34. The van der Waals surface area contributed by atoms with Gasteiger partial charge in [-0.25, -0.2) is 23.4 Å². The highest BCUT2D eigenvalue weighted by molar-refractivity contribution is 7.93. The first kappa shape index (κ1) is 22.0. The average molecular weight is 462 g/mol. The average Bonchev–Trinajstić information content (AvgIpc) is 3.10. The number of aryl methyl sites for hydroxylation is 1. The molecular weight excluding hydrogens is 438 g/mol. The number of aliphatic hydroxyl groups excluding tert-OH is 1. The van der Waals surface area contributed by atoms with Crippen molar-refractivity contribution in [1.29, 1.82) is 0 Å². The molecule has 0 spiro atoms. The van der Waals surface area contributed by atoms with E-state index in [-0.39, 0.29) is 25.0 Å². The molecule has 2 N–H and O–H groups in total. The fourth-order valence-electron chi connectivity index (χ4n) is 3.39. The van der Waals surface area contributed by atoms with E-state index in [9.17, 15) is 13.5 Å². The van der Waals surface area contributed by atoms with Gasteiger partial charge in [0.15, 0.2) is 11.6 Å². The third-order valence-electron chi connectivity index (χ3n) is 5.15. The third-order valence-corrected chi connectivity index (χ3v) is 6.85. The smallest absolute Gasteiger partial charge is 0.240 e. The summed E-state index contributed by atoms with van der Waals surface area (Å²) < 4.78 is 41.5. The van der Waals surface area contributed by atoms with Gasteiger partial charge in [0.2, 0.25) is 21.9 Å². The Bertz CT molecular complexity index is 1200. The molecule has 0 aliphatic carbocycles. The molecule has 0 amide bonds. The predicted molar refractivity (Wildman–Crippen MR) is 113 cm³/mol. The van der Waals surface area contributed by atoms with Gasteiger partial charge in [-0.3, -0.25) is 9.29 Å². The van der Waals surface area contributed by atoms with Gasteiger partial charge >= 0.3 is 0 Å². The summed E-state index contributed by atoms with van der Waals surface area (Å²) in [6.07, 6.45) is 3.84. The van der Waals surface area contributed by atoms with Gasteiger partial charge in [-0.15, -0.1) is 10.2 Å². The van der Waals surface area contributed by atoms with E-state index in [1.165, 1.54) is 18.6 Å². The van der Waals surface area contributed by atoms with Gasteiger partial charge in [-0.05, 0) is 31.5 Å². The number of nitrogens with zero attached hydrogens (tertiary/aromatic N) is 6. The second-order valence-electron chi connectivity index (χ2n) is 7.35. The number of hydrogen-bond donors (Lipinski definition) is 2.